The number of nitrogens with zero attached hydrogens (tertiary/aromatic N) is 2. The highest BCUT2D eigenvalue weighted by Gasteiger charge is 2.27. The summed E-state index contributed by atoms with van der Waals surface area (Å²) in [6.07, 6.45) is -0.0221. The van der Waals surface area contributed by atoms with E-state index in [4.69, 9.17) is 5.11 Å². The van der Waals surface area contributed by atoms with Crippen LogP contribution in [0.2, 0.25) is 0 Å². The van der Waals surface area contributed by atoms with E-state index in [2.05, 4.69) is 25.7 Å². The molecule has 1 atom stereocenters. The van der Waals surface area contributed by atoms with E-state index in [1.807, 2.05) is 7.05 Å². The van der Waals surface area contributed by atoms with Crippen LogP contribution >= 0.6 is 15.9 Å². The standard InChI is InChI=1S/C14H18BrFN2O2/c1-17-4-6-18(7-5-17)13(9-14(19)20)11-8-10(16)2-3-12(11)15/h2-3,8,13H,4-7,9H2,1H3,(H,19,20). The maximum absolute atomic E-state index is 13.5. The molecule has 1 fully saturated rings. The molecule has 4 nitrogen and oxygen atoms in total. The second-order valence-electron chi connectivity index (χ2n) is 5.12. The Hall–Kier alpha value is -0.980. The molecule has 6 heteroatoms. The van der Waals surface area contributed by atoms with Crippen LogP contribution < -0.4 is 0 Å². The van der Waals surface area contributed by atoms with Crippen LogP contribution in [0, 0.1) is 5.82 Å². The second-order valence-corrected chi connectivity index (χ2v) is 5.97. The van der Waals surface area contributed by atoms with E-state index < -0.39 is 5.97 Å². The summed E-state index contributed by atoms with van der Waals surface area (Å²) in [5.41, 5.74) is 0.706. The van der Waals surface area contributed by atoms with Gasteiger partial charge in [-0.3, -0.25) is 9.69 Å². The molecule has 110 valence electrons. The minimum absolute atomic E-state index is 0.0221. The fourth-order valence-electron chi connectivity index (χ4n) is 2.50. The summed E-state index contributed by atoms with van der Waals surface area (Å²) < 4.78 is 14.2. The van der Waals surface area contributed by atoms with Gasteiger partial charge in [-0.15, -0.1) is 0 Å². The molecule has 0 radical (unpaired) electrons. The van der Waals surface area contributed by atoms with Gasteiger partial charge in [0, 0.05) is 36.7 Å². The smallest absolute Gasteiger partial charge is 0.305 e. The van der Waals surface area contributed by atoms with Gasteiger partial charge in [-0.2, -0.15) is 0 Å². The average Bonchev–Trinajstić information content (AvgIpc) is 2.40. The van der Waals surface area contributed by atoms with Gasteiger partial charge in [-0.25, -0.2) is 4.39 Å². The molecule has 1 aromatic carbocycles. The predicted octanol–water partition coefficient (Wildman–Crippen LogP) is 2.35. The molecule has 0 bridgehead atoms. The van der Waals surface area contributed by atoms with Gasteiger partial charge in [0.15, 0.2) is 0 Å². The highest BCUT2D eigenvalue weighted by molar-refractivity contribution is 9.10. The summed E-state index contributed by atoms with van der Waals surface area (Å²) in [7, 11) is 2.04. The third-order valence-electron chi connectivity index (χ3n) is 3.66. The molecule has 1 aromatic rings. The van der Waals surface area contributed by atoms with Crippen molar-refractivity contribution >= 4 is 21.9 Å². The summed E-state index contributed by atoms with van der Waals surface area (Å²) >= 11 is 3.40. The first-order chi connectivity index (χ1) is 9.47. The molecule has 0 saturated carbocycles. The first kappa shape index (κ1) is 15.4. The molecular weight excluding hydrogens is 327 g/mol. The van der Waals surface area contributed by atoms with Crippen LogP contribution in [0.15, 0.2) is 22.7 Å². The Kier molecular flexibility index (Phi) is 5.12. The van der Waals surface area contributed by atoms with Gasteiger partial charge < -0.3 is 10.0 Å². The Morgan fingerprint density at radius 1 is 1.40 bits per heavy atom. The highest BCUT2D eigenvalue weighted by atomic mass is 79.9. The van der Waals surface area contributed by atoms with Crippen molar-refractivity contribution in [1.29, 1.82) is 0 Å². The van der Waals surface area contributed by atoms with Crippen molar-refractivity contribution in [3.8, 4) is 0 Å². The Balaban J connectivity index is 2.27. The number of carboxylic acids is 1. The molecular formula is C14H18BrFN2O2. The first-order valence-corrected chi connectivity index (χ1v) is 7.36. The van der Waals surface area contributed by atoms with Crippen LogP contribution in [0.25, 0.3) is 0 Å². The maximum Gasteiger partial charge on any atom is 0.305 e. The zero-order chi connectivity index (χ0) is 14.7. The fraction of sp³-hybridized carbons (Fsp3) is 0.500. The van der Waals surface area contributed by atoms with Gasteiger partial charge >= 0.3 is 5.97 Å². The van der Waals surface area contributed by atoms with E-state index >= 15 is 0 Å². The van der Waals surface area contributed by atoms with Gasteiger partial charge in [-0.1, -0.05) is 15.9 Å². The van der Waals surface area contributed by atoms with Crippen LogP contribution in [0.5, 0.6) is 0 Å². The summed E-state index contributed by atoms with van der Waals surface area (Å²) in [5, 5.41) is 9.14. The monoisotopic (exact) mass is 344 g/mol. The van der Waals surface area contributed by atoms with Crippen molar-refractivity contribution in [2.24, 2.45) is 0 Å². The zero-order valence-corrected chi connectivity index (χ0v) is 12.9. The third-order valence-corrected chi connectivity index (χ3v) is 4.39. The minimum atomic E-state index is -0.870. The number of halogens is 2. The fourth-order valence-corrected chi connectivity index (χ4v) is 3.02. The predicted molar refractivity (Wildman–Crippen MR) is 78.2 cm³/mol. The lowest BCUT2D eigenvalue weighted by atomic mass is 10.0. The van der Waals surface area contributed by atoms with Gasteiger partial charge in [-0.05, 0) is 30.8 Å². The van der Waals surface area contributed by atoms with Crippen molar-refractivity contribution in [3.05, 3.63) is 34.1 Å². The SMILES string of the molecule is CN1CCN(C(CC(=O)O)c2cc(F)ccc2Br)CC1. The third kappa shape index (κ3) is 3.77. The van der Waals surface area contributed by atoms with Crippen LogP contribution in [0.1, 0.15) is 18.0 Å². The minimum Gasteiger partial charge on any atom is -0.481 e. The lowest BCUT2D eigenvalue weighted by molar-refractivity contribution is -0.138. The van der Waals surface area contributed by atoms with Crippen molar-refractivity contribution < 1.29 is 14.3 Å². The lowest BCUT2D eigenvalue weighted by Crippen LogP contribution is -2.46. The Morgan fingerprint density at radius 3 is 2.65 bits per heavy atom. The Bertz CT molecular complexity index is 490. The van der Waals surface area contributed by atoms with Crippen LogP contribution in [0.4, 0.5) is 4.39 Å². The number of piperazine rings is 1. The zero-order valence-electron chi connectivity index (χ0n) is 11.4. The van der Waals surface area contributed by atoms with Crippen molar-refractivity contribution in [2.75, 3.05) is 33.2 Å². The molecule has 20 heavy (non-hydrogen) atoms. The van der Waals surface area contributed by atoms with Gasteiger partial charge in [0.25, 0.3) is 0 Å². The van der Waals surface area contributed by atoms with Crippen LogP contribution in [-0.2, 0) is 4.79 Å². The molecule has 0 aliphatic carbocycles. The number of rotatable bonds is 4. The molecule has 1 aliphatic rings. The van der Waals surface area contributed by atoms with Crippen molar-refractivity contribution in [3.63, 3.8) is 0 Å². The number of hydrogen-bond acceptors (Lipinski definition) is 3. The Morgan fingerprint density at radius 2 is 2.05 bits per heavy atom. The number of carboxylic acid groups (broad SMARTS) is 1. The number of hydrogen-bond donors (Lipinski definition) is 1. The number of benzene rings is 1. The molecule has 1 N–H and O–H groups in total. The van der Waals surface area contributed by atoms with Gasteiger partial charge in [0.1, 0.15) is 5.82 Å². The molecule has 1 heterocycles. The molecule has 2 rings (SSSR count). The summed E-state index contributed by atoms with van der Waals surface area (Å²) in [5.74, 6) is -1.21. The molecule has 1 saturated heterocycles. The highest BCUT2D eigenvalue weighted by Crippen LogP contribution is 2.31. The summed E-state index contributed by atoms with van der Waals surface area (Å²) in [6.45, 7) is 3.36. The molecule has 1 unspecified atom stereocenters. The van der Waals surface area contributed by atoms with Crippen molar-refractivity contribution in [2.45, 2.75) is 12.5 Å². The number of aliphatic carboxylic acids is 1. The van der Waals surface area contributed by atoms with Gasteiger partial charge in [0.2, 0.25) is 0 Å². The largest absolute Gasteiger partial charge is 0.481 e. The molecule has 0 amide bonds. The van der Waals surface area contributed by atoms with Crippen LogP contribution in [-0.4, -0.2) is 54.1 Å². The molecule has 0 aromatic heterocycles. The Labute approximate surface area is 126 Å². The molecule has 1 aliphatic heterocycles. The van der Waals surface area contributed by atoms with E-state index in [0.29, 0.717) is 5.56 Å². The van der Waals surface area contributed by atoms with E-state index in [1.165, 1.54) is 12.1 Å². The van der Waals surface area contributed by atoms with Gasteiger partial charge in [0.05, 0.1) is 6.42 Å². The van der Waals surface area contributed by atoms with Crippen LogP contribution in [0.3, 0.4) is 0 Å². The van der Waals surface area contributed by atoms with Crippen molar-refractivity contribution in [1.82, 2.24) is 9.80 Å². The summed E-state index contributed by atoms with van der Waals surface area (Å²) in [4.78, 5) is 15.5. The summed E-state index contributed by atoms with van der Waals surface area (Å²) in [6, 6.07) is 4.13. The van der Waals surface area contributed by atoms with E-state index in [0.717, 1.165) is 30.7 Å². The maximum atomic E-state index is 13.5. The normalized spacial score (nSPS) is 18.9. The topological polar surface area (TPSA) is 43.8 Å². The second kappa shape index (κ2) is 6.65. The quantitative estimate of drug-likeness (QED) is 0.910. The van der Waals surface area contributed by atoms with E-state index in [1.54, 1.807) is 6.07 Å². The molecule has 0 spiro atoms. The first-order valence-electron chi connectivity index (χ1n) is 6.56. The number of likely N-dealkylation sites (N-methyl/N-ethyl adjacent to an activating group) is 1. The average molecular weight is 345 g/mol. The lowest BCUT2D eigenvalue weighted by Gasteiger charge is -2.38. The van der Waals surface area contributed by atoms with E-state index in [9.17, 15) is 9.18 Å². The van der Waals surface area contributed by atoms with E-state index in [-0.39, 0.29) is 18.3 Å². The number of carbonyl (C=O) groups is 1.